The van der Waals surface area contributed by atoms with E-state index in [1.54, 1.807) is 12.0 Å². The van der Waals surface area contributed by atoms with Gasteiger partial charge < -0.3 is 19.7 Å². The van der Waals surface area contributed by atoms with Gasteiger partial charge in [-0.1, -0.05) is 44.4 Å². The molecule has 2 atom stereocenters. The lowest BCUT2D eigenvalue weighted by Gasteiger charge is -2.40. The van der Waals surface area contributed by atoms with Crippen molar-refractivity contribution < 1.29 is 23.9 Å². The molecule has 0 radical (unpaired) electrons. The molecule has 0 unspecified atom stereocenters. The molecule has 7 nitrogen and oxygen atoms in total. The van der Waals surface area contributed by atoms with E-state index >= 15 is 0 Å². The van der Waals surface area contributed by atoms with Crippen molar-refractivity contribution in [3.05, 3.63) is 29.8 Å². The molecule has 1 aromatic rings. The van der Waals surface area contributed by atoms with Crippen LogP contribution in [-0.2, 0) is 19.1 Å². The quantitative estimate of drug-likeness (QED) is 0.607. The fourth-order valence-electron chi connectivity index (χ4n) is 4.67. The number of hydrogen-bond acceptors (Lipinski definition) is 5. The third-order valence-electron chi connectivity index (χ3n) is 6.29. The summed E-state index contributed by atoms with van der Waals surface area (Å²) in [5.41, 5.74) is 0.798. The minimum absolute atomic E-state index is 0.0346. The predicted molar refractivity (Wildman–Crippen MR) is 116 cm³/mol. The number of amides is 2. The summed E-state index contributed by atoms with van der Waals surface area (Å²) >= 11 is 0. The normalized spacial score (nSPS) is 21.7. The van der Waals surface area contributed by atoms with E-state index in [0.717, 1.165) is 44.1 Å². The Hall–Kier alpha value is -2.57. The molecule has 3 rings (SSSR count). The second-order valence-corrected chi connectivity index (χ2v) is 8.43. The van der Waals surface area contributed by atoms with Crippen LogP contribution in [0.15, 0.2) is 24.3 Å². The van der Waals surface area contributed by atoms with Crippen molar-refractivity contribution in [1.29, 1.82) is 0 Å². The number of piperidine rings is 1. The molecule has 31 heavy (non-hydrogen) atoms. The SMILES string of the molecule is CCCCN1C(=O)CC[C@H](C(=O)OCC(=O)NC2CCCC2)[C@H]1c1ccccc1OC. The first kappa shape index (κ1) is 23.1. The van der Waals surface area contributed by atoms with Crippen molar-refractivity contribution in [1.82, 2.24) is 10.2 Å². The molecule has 2 fully saturated rings. The van der Waals surface area contributed by atoms with Crippen molar-refractivity contribution in [2.45, 2.75) is 70.4 Å². The number of methoxy groups -OCH3 is 1. The Kier molecular flexibility index (Phi) is 8.32. The van der Waals surface area contributed by atoms with E-state index in [2.05, 4.69) is 12.2 Å². The highest BCUT2D eigenvalue weighted by Crippen LogP contribution is 2.41. The number of nitrogens with one attached hydrogen (secondary N) is 1. The van der Waals surface area contributed by atoms with Gasteiger partial charge in [0, 0.05) is 24.6 Å². The van der Waals surface area contributed by atoms with Gasteiger partial charge in [-0.05, 0) is 31.7 Å². The van der Waals surface area contributed by atoms with Gasteiger partial charge in [-0.15, -0.1) is 0 Å². The molecule has 0 aromatic heterocycles. The summed E-state index contributed by atoms with van der Waals surface area (Å²) in [6, 6.07) is 7.20. The number of para-hydroxylation sites is 1. The van der Waals surface area contributed by atoms with Gasteiger partial charge in [0.25, 0.3) is 5.91 Å². The lowest BCUT2D eigenvalue weighted by molar-refractivity contribution is -0.160. The van der Waals surface area contributed by atoms with Crippen molar-refractivity contribution in [3.8, 4) is 5.75 Å². The monoisotopic (exact) mass is 430 g/mol. The molecule has 1 heterocycles. The molecular formula is C24H34N2O5. The van der Waals surface area contributed by atoms with Crippen LogP contribution in [0.2, 0.25) is 0 Å². The van der Waals surface area contributed by atoms with E-state index < -0.39 is 17.9 Å². The summed E-state index contributed by atoms with van der Waals surface area (Å²) in [5.74, 6) is -0.562. The molecule has 7 heteroatoms. The van der Waals surface area contributed by atoms with Crippen LogP contribution in [0.25, 0.3) is 0 Å². The molecule has 170 valence electrons. The topological polar surface area (TPSA) is 84.9 Å². The number of carbonyl (C=O) groups excluding carboxylic acids is 3. The molecule has 1 saturated carbocycles. The summed E-state index contributed by atoms with van der Waals surface area (Å²) in [4.78, 5) is 39.9. The third kappa shape index (κ3) is 5.77. The minimum atomic E-state index is -0.537. The van der Waals surface area contributed by atoms with E-state index in [-0.39, 0.29) is 24.5 Å². The molecule has 2 amide bonds. The summed E-state index contributed by atoms with van der Waals surface area (Å²) in [5, 5.41) is 2.94. The number of unbranched alkanes of at least 4 members (excludes halogenated alkanes) is 1. The maximum Gasteiger partial charge on any atom is 0.311 e. The Morgan fingerprint density at radius 2 is 1.90 bits per heavy atom. The Labute approximate surface area is 184 Å². The summed E-state index contributed by atoms with van der Waals surface area (Å²) < 4.78 is 11.0. The smallest absolute Gasteiger partial charge is 0.311 e. The van der Waals surface area contributed by atoms with E-state index in [1.165, 1.54) is 0 Å². The van der Waals surface area contributed by atoms with Crippen molar-refractivity contribution in [2.75, 3.05) is 20.3 Å². The van der Waals surface area contributed by atoms with Gasteiger partial charge >= 0.3 is 5.97 Å². The van der Waals surface area contributed by atoms with Crippen LogP contribution in [0, 0.1) is 5.92 Å². The number of hydrogen-bond donors (Lipinski definition) is 1. The number of carbonyl (C=O) groups is 3. The fraction of sp³-hybridized carbons (Fsp3) is 0.625. The third-order valence-corrected chi connectivity index (χ3v) is 6.29. The van der Waals surface area contributed by atoms with Crippen molar-refractivity contribution in [3.63, 3.8) is 0 Å². The number of rotatable bonds is 9. The average Bonchev–Trinajstić information content (AvgIpc) is 3.29. The molecule has 1 saturated heterocycles. The molecule has 1 aliphatic heterocycles. The van der Waals surface area contributed by atoms with Gasteiger partial charge in [0.15, 0.2) is 6.61 Å². The van der Waals surface area contributed by atoms with Gasteiger partial charge in [0.1, 0.15) is 5.75 Å². The highest BCUT2D eigenvalue weighted by Gasteiger charge is 2.42. The molecule has 1 aliphatic carbocycles. The van der Waals surface area contributed by atoms with Crippen molar-refractivity contribution >= 4 is 17.8 Å². The van der Waals surface area contributed by atoms with Crippen LogP contribution >= 0.6 is 0 Å². The van der Waals surface area contributed by atoms with Crippen LogP contribution in [-0.4, -0.2) is 49.0 Å². The minimum Gasteiger partial charge on any atom is -0.496 e. The van der Waals surface area contributed by atoms with Gasteiger partial charge in [0.05, 0.1) is 19.1 Å². The number of benzene rings is 1. The Morgan fingerprint density at radius 1 is 1.16 bits per heavy atom. The number of nitrogens with zero attached hydrogens (tertiary/aromatic N) is 1. The predicted octanol–water partition coefficient (Wildman–Crippen LogP) is 3.38. The highest BCUT2D eigenvalue weighted by atomic mass is 16.5. The summed E-state index contributed by atoms with van der Waals surface area (Å²) in [6.07, 6.45) is 6.68. The standard InChI is InChI=1S/C24H34N2O5/c1-3-4-15-26-22(28)14-13-19(23(26)18-11-7-8-12-20(18)30-2)24(29)31-16-21(27)25-17-9-5-6-10-17/h7-8,11-12,17,19,23H,3-6,9-10,13-16H2,1-2H3,(H,25,27)/t19-,23+/m0/s1. The molecule has 0 spiro atoms. The number of likely N-dealkylation sites (tertiary alicyclic amines) is 1. The average molecular weight is 431 g/mol. The van der Waals surface area contributed by atoms with Crippen LogP contribution in [0.4, 0.5) is 0 Å². The van der Waals surface area contributed by atoms with Gasteiger partial charge in [0.2, 0.25) is 5.91 Å². The highest BCUT2D eigenvalue weighted by molar-refractivity contribution is 5.85. The Balaban J connectivity index is 1.76. The van der Waals surface area contributed by atoms with Crippen molar-refractivity contribution in [2.24, 2.45) is 5.92 Å². The first-order valence-electron chi connectivity index (χ1n) is 11.4. The Bertz CT molecular complexity index is 775. The first-order chi connectivity index (χ1) is 15.0. The molecular weight excluding hydrogens is 396 g/mol. The van der Waals surface area contributed by atoms with E-state index in [1.807, 2.05) is 24.3 Å². The number of ether oxygens (including phenoxy) is 2. The van der Waals surface area contributed by atoms with E-state index in [9.17, 15) is 14.4 Å². The Morgan fingerprint density at radius 3 is 2.61 bits per heavy atom. The first-order valence-corrected chi connectivity index (χ1v) is 11.4. The van der Waals surface area contributed by atoms with Crippen LogP contribution in [0.1, 0.15) is 69.9 Å². The maximum atomic E-state index is 13.1. The van der Waals surface area contributed by atoms with Gasteiger partial charge in [-0.3, -0.25) is 14.4 Å². The zero-order valence-electron chi connectivity index (χ0n) is 18.6. The fourth-order valence-corrected chi connectivity index (χ4v) is 4.67. The molecule has 0 bridgehead atoms. The summed E-state index contributed by atoms with van der Waals surface area (Å²) in [6.45, 7) is 2.36. The molecule has 1 N–H and O–H groups in total. The summed E-state index contributed by atoms with van der Waals surface area (Å²) in [7, 11) is 1.58. The van der Waals surface area contributed by atoms with Gasteiger partial charge in [-0.25, -0.2) is 0 Å². The number of esters is 1. The largest absolute Gasteiger partial charge is 0.496 e. The van der Waals surface area contributed by atoms with Crippen LogP contribution < -0.4 is 10.1 Å². The second kappa shape index (κ2) is 11.2. The lowest BCUT2D eigenvalue weighted by atomic mass is 9.83. The van der Waals surface area contributed by atoms with Gasteiger partial charge in [-0.2, -0.15) is 0 Å². The maximum absolute atomic E-state index is 13.1. The zero-order valence-corrected chi connectivity index (χ0v) is 18.6. The molecule has 1 aromatic carbocycles. The second-order valence-electron chi connectivity index (χ2n) is 8.43. The van der Waals surface area contributed by atoms with E-state index in [0.29, 0.717) is 25.1 Å². The zero-order chi connectivity index (χ0) is 22.2. The van der Waals surface area contributed by atoms with E-state index in [4.69, 9.17) is 9.47 Å². The molecule has 2 aliphatic rings. The van der Waals surface area contributed by atoms with Crippen LogP contribution in [0.5, 0.6) is 5.75 Å². The van der Waals surface area contributed by atoms with Crippen LogP contribution in [0.3, 0.4) is 0 Å². The lowest BCUT2D eigenvalue weighted by Crippen LogP contribution is -2.46.